The second kappa shape index (κ2) is 9.60. The molecule has 0 bridgehead atoms. The molecule has 1 atom stereocenters. The van der Waals surface area contributed by atoms with Crippen LogP contribution >= 0.6 is 15.9 Å². The van der Waals surface area contributed by atoms with E-state index in [1.807, 2.05) is 30.3 Å². The molecule has 1 aliphatic heterocycles. The normalized spacial score (nSPS) is 16.8. The van der Waals surface area contributed by atoms with Gasteiger partial charge in [-0.05, 0) is 43.7 Å². The molecule has 1 aliphatic rings. The minimum absolute atomic E-state index is 0.0507. The van der Waals surface area contributed by atoms with Crippen molar-refractivity contribution in [3.8, 4) is 0 Å². The van der Waals surface area contributed by atoms with Gasteiger partial charge in [-0.15, -0.1) is 0 Å². The number of hydrogen-bond acceptors (Lipinski definition) is 5. The number of morpholine rings is 1. The Morgan fingerprint density at radius 1 is 1.10 bits per heavy atom. The minimum Gasteiger partial charge on any atom is -0.379 e. The molecule has 162 valence electrons. The maximum atomic E-state index is 13.1. The average Bonchev–Trinajstić information content (AvgIpc) is 2.75. The molecule has 2 aromatic rings. The van der Waals surface area contributed by atoms with Crippen LogP contribution in [-0.4, -0.2) is 56.8 Å². The lowest BCUT2D eigenvalue weighted by Gasteiger charge is -2.35. The molecule has 2 aromatic carbocycles. The number of carbonyl (C=O) groups is 1. The SMILES string of the molecule is CC(C)(C(=O)NCC(c1ccccc1)N1CCOCC1)S(=O)(=O)c1ccc(Br)cc1. The van der Waals surface area contributed by atoms with Crippen molar-refractivity contribution in [2.45, 2.75) is 29.5 Å². The Morgan fingerprint density at radius 3 is 2.30 bits per heavy atom. The van der Waals surface area contributed by atoms with Crippen molar-refractivity contribution in [3.63, 3.8) is 0 Å². The van der Waals surface area contributed by atoms with Crippen LogP contribution in [0.3, 0.4) is 0 Å². The van der Waals surface area contributed by atoms with Gasteiger partial charge in [0.2, 0.25) is 5.91 Å². The van der Waals surface area contributed by atoms with Crippen molar-refractivity contribution in [2.75, 3.05) is 32.8 Å². The number of halogens is 1. The number of sulfone groups is 1. The van der Waals surface area contributed by atoms with Crippen LogP contribution < -0.4 is 5.32 Å². The second-order valence-electron chi connectivity index (χ2n) is 7.75. The highest BCUT2D eigenvalue weighted by Gasteiger charge is 2.43. The van der Waals surface area contributed by atoms with E-state index in [1.165, 1.54) is 26.0 Å². The van der Waals surface area contributed by atoms with E-state index in [9.17, 15) is 13.2 Å². The predicted molar refractivity (Wildman–Crippen MR) is 120 cm³/mol. The van der Waals surface area contributed by atoms with Gasteiger partial charge in [-0.2, -0.15) is 0 Å². The third kappa shape index (κ3) is 4.94. The lowest BCUT2D eigenvalue weighted by atomic mass is 10.0. The summed E-state index contributed by atoms with van der Waals surface area (Å²) in [5.41, 5.74) is 1.08. The molecule has 0 saturated carbocycles. The summed E-state index contributed by atoms with van der Waals surface area (Å²) in [6, 6.07) is 16.2. The van der Waals surface area contributed by atoms with Gasteiger partial charge in [-0.1, -0.05) is 46.3 Å². The Morgan fingerprint density at radius 2 is 1.70 bits per heavy atom. The molecule has 0 aliphatic carbocycles. The van der Waals surface area contributed by atoms with Crippen molar-refractivity contribution >= 4 is 31.7 Å². The van der Waals surface area contributed by atoms with Gasteiger partial charge in [0.1, 0.15) is 4.75 Å². The summed E-state index contributed by atoms with van der Waals surface area (Å²) in [7, 11) is -3.86. The van der Waals surface area contributed by atoms with Gasteiger partial charge >= 0.3 is 0 Å². The first-order valence-corrected chi connectivity index (χ1v) is 12.2. The van der Waals surface area contributed by atoms with Gasteiger partial charge in [-0.25, -0.2) is 8.42 Å². The Balaban J connectivity index is 1.77. The van der Waals surface area contributed by atoms with Crippen LogP contribution in [0.2, 0.25) is 0 Å². The van der Waals surface area contributed by atoms with E-state index in [4.69, 9.17) is 4.74 Å². The molecule has 0 aromatic heterocycles. The Kier molecular flexibility index (Phi) is 7.34. The molecular weight excluding hydrogens is 468 g/mol. The molecule has 1 fully saturated rings. The van der Waals surface area contributed by atoms with E-state index in [2.05, 4.69) is 26.1 Å². The van der Waals surface area contributed by atoms with E-state index < -0.39 is 20.5 Å². The fourth-order valence-corrected chi connectivity index (χ4v) is 5.12. The van der Waals surface area contributed by atoms with Crippen LogP contribution in [0.15, 0.2) is 64.0 Å². The lowest BCUT2D eigenvalue weighted by Crippen LogP contribution is -2.51. The molecule has 30 heavy (non-hydrogen) atoms. The summed E-state index contributed by atoms with van der Waals surface area (Å²) >= 11 is 3.30. The van der Waals surface area contributed by atoms with E-state index in [1.54, 1.807) is 12.1 Å². The van der Waals surface area contributed by atoms with Crippen LogP contribution in [0.25, 0.3) is 0 Å². The average molecular weight is 495 g/mol. The Bertz CT molecular complexity index is 956. The zero-order chi connectivity index (χ0) is 21.8. The summed E-state index contributed by atoms with van der Waals surface area (Å²) in [6.45, 7) is 6.02. The van der Waals surface area contributed by atoms with Crippen molar-refractivity contribution in [2.24, 2.45) is 0 Å². The van der Waals surface area contributed by atoms with Crippen molar-refractivity contribution in [1.82, 2.24) is 10.2 Å². The fourth-order valence-electron chi connectivity index (χ4n) is 3.45. The van der Waals surface area contributed by atoms with Gasteiger partial charge in [0.15, 0.2) is 9.84 Å². The number of ether oxygens (including phenoxy) is 1. The number of amides is 1. The van der Waals surface area contributed by atoms with Crippen molar-refractivity contribution < 1.29 is 17.9 Å². The molecule has 1 heterocycles. The number of benzene rings is 2. The van der Waals surface area contributed by atoms with E-state index in [0.717, 1.165) is 23.1 Å². The molecule has 8 heteroatoms. The molecule has 0 radical (unpaired) electrons. The molecular formula is C22H27BrN2O4S. The van der Waals surface area contributed by atoms with Crippen LogP contribution in [-0.2, 0) is 19.4 Å². The van der Waals surface area contributed by atoms with Crippen molar-refractivity contribution in [3.05, 3.63) is 64.6 Å². The highest BCUT2D eigenvalue weighted by Crippen LogP contribution is 2.28. The largest absolute Gasteiger partial charge is 0.379 e. The number of rotatable bonds is 7. The maximum Gasteiger partial charge on any atom is 0.241 e. The van der Waals surface area contributed by atoms with Gasteiger partial charge in [0, 0.05) is 24.1 Å². The maximum absolute atomic E-state index is 13.1. The third-order valence-electron chi connectivity index (χ3n) is 5.47. The van der Waals surface area contributed by atoms with Crippen LogP contribution in [0.5, 0.6) is 0 Å². The number of carbonyl (C=O) groups excluding carboxylic acids is 1. The lowest BCUT2D eigenvalue weighted by molar-refractivity contribution is -0.123. The quantitative estimate of drug-likeness (QED) is 0.639. The number of nitrogens with zero attached hydrogens (tertiary/aromatic N) is 1. The number of hydrogen-bond donors (Lipinski definition) is 1. The Hall–Kier alpha value is -1.74. The summed E-state index contributed by atoms with van der Waals surface area (Å²) in [4.78, 5) is 15.4. The highest BCUT2D eigenvalue weighted by molar-refractivity contribution is 9.10. The smallest absolute Gasteiger partial charge is 0.241 e. The molecule has 1 saturated heterocycles. The first kappa shape index (κ1) is 22.9. The topological polar surface area (TPSA) is 75.7 Å². The summed E-state index contributed by atoms with van der Waals surface area (Å²) in [6.07, 6.45) is 0. The van der Waals surface area contributed by atoms with E-state index in [-0.39, 0.29) is 10.9 Å². The molecule has 0 spiro atoms. The molecule has 1 amide bonds. The first-order valence-electron chi connectivity index (χ1n) is 9.89. The molecule has 1 N–H and O–H groups in total. The van der Waals surface area contributed by atoms with Crippen LogP contribution in [0, 0.1) is 0 Å². The zero-order valence-electron chi connectivity index (χ0n) is 17.2. The Labute approximate surface area is 186 Å². The van der Waals surface area contributed by atoms with Gasteiger partial charge < -0.3 is 10.1 Å². The van der Waals surface area contributed by atoms with E-state index in [0.29, 0.717) is 19.8 Å². The van der Waals surface area contributed by atoms with E-state index >= 15 is 0 Å². The van der Waals surface area contributed by atoms with Crippen LogP contribution in [0.4, 0.5) is 0 Å². The second-order valence-corrected chi connectivity index (χ2v) is 11.2. The van der Waals surface area contributed by atoms with Gasteiger partial charge in [-0.3, -0.25) is 9.69 Å². The minimum atomic E-state index is -3.86. The predicted octanol–water partition coefficient (Wildman–Crippen LogP) is 3.19. The summed E-state index contributed by atoms with van der Waals surface area (Å²) < 4.78 is 30.9. The van der Waals surface area contributed by atoms with Gasteiger partial charge in [0.05, 0.1) is 24.2 Å². The molecule has 3 rings (SSSR count). The van der Waals surface area contributed by atoms with Crippen LogP contribution in [0.1, 0.15) is 25.5 Å². The fraction of sp³-hybridized carbons (Fsp3) is 0.409. The molecule has 6 nitrogen and oxygen atoms in total. The zero-order valence-corrected chi connectivity index (χ0v) is 19.6. The summed E-state index contributed by atoms with van der Waals surface area (Å²) in [5, 5.41) is 2.90. The number of nitrogens with one attached hydrogen (secondary N) is 1. The monoisotopic (exact) mass is 494 g/mol. The third-order valence-corrected chi connectivity index (χ3v) is 8.42. The molecule has 1 unspecified atom stereocenters. The first-order chi connectivity index (χ1) is 14.2. The summed E-state index contributed by atoms with van der Waals surface area (Å²) in [5.74, 6) is -0.514. The van der Waals surface area contributed by atoms with Gasteiger partial charge in [0.25, 0.3) is 0 Å². The standard InChI is InChI=1S/C22H27BrN2O4S/c1-22(2,30(27,28)19-10-8-18(23)9-11-19)21(26)24-16-20(17-6-4-3-5-7-17)25-12-14-29-15-13-25/h3-11,20H,12-16H2,1-2H3,(H,24,26). The highest BCUT2D eigenvalue weighted by atomic mass is 79.9. The van der Waals surface area contributed by atoms with Crippen molar-refractivity contribution in [1.29, 1.82) is 0 Å².